The van der Waals surface area contributed by atoms with Crippen molar-refractivity contribution in [2.24, 2.45) is 7.05 Å². The van der Waals surface area contributed by atoms with Crippen molar-refractivity contribution in [3.05, 3.63) is 59.2 Å². The van der Waals surface area contributed by atoms with E-state index in [0.29, 0.717) is 35.7 Å². The van der Waals surface area contributed by atoms with Gasteiger partial charge in [-0.15, -0.1) is 0 Å². The zero-order chi connectivity index (χ0) is 21.1. The highest BCUT2D eigenvalue weighted by Crippen LogP contribution is 2.23. The minimum atomic E-state index is -0.491. The fourth-order valence-electron chi connectivity index (χ4n) is 2.31. The van der Waals surface area contributed by atoms with Crippen LogP contribution in [0, 0.1) is 0 Å². The van der Waals surface area contributed by atoms with Gasteiger partial charge < -0.3 is 14.8 Å². The lowest BCUT2D eigenvalue weighted by Gasteiger charge is -2.15. The van der Waals surface area contributed by atoms with Gasteiger partial charge in [0.1, 0.15) is 23.4 Å². The van der Waals surface area contributed by atoms with Gasteiger partial charge in [0.2, 0.25) is 0 Å². The molecule has 0 spiro atoms. The van der Waals surface area contributed by atoms with Gasteiger partial charge in [-0.05, 0) is 44.4 Å². The molecule has 0 amide bonds. The molecular weight excluding hydrogens is 358 g/mol. The zero-order valence-corrected chi connectivity index (χ0v) is 17.2. The molecule has 1 rings (SSSR count). The highest BCUT2D eigenvalue weighted by atomic mass is 16.5. The smallest absolute Gasteiger partial charge is 0.343 e. The van der Waals surface area contributed by atoms with Crippen LogP contribution in [0.5, 0.6) is 0 Å². The highest BCUT2D eigenvalue weighted by molar-refractivity contribution is 5.95. The van der Waals surface area contributed by atoms with Crippen LogP contribution in [0.2, 0.25) is 0 Å². The van der Waals surface area contributed by atoms with E-state index in [9.17, 15) is 9.59 Å². The van der Waals surface area contributed by atoms with Crippen molar-refractivity contribution in [2.45, 2.75) is 34.1 Å². The third kappa shape index (κ3) is 6.26. The monoisotopic (exact) mass is 387 g/mol. The largest absolute Gasteiger partial charge is 0.493 e. The van der Waals surface area contributed by atoms with Crippen LogP contribution in [0.1, 0.15) is 44.5 Å². The second-order valence-corrected chi connectivity index (χ2v) is 5.97. The molecule has 0 radical (unpaired) electrons. The first kappa shape index (κ1) is 23.0. The molecule has 0 bridgehead atoms. The average Bonchev–Trinajstić information content (AvgIpc) is 3.02. The van der Waals surface area contributed by atoms with Crippen LogP contribution >= 0.6 is 0 Å². The molecule has 0 atom stereocenters. The molecule has 0 saturated heterocycles. The quantitative estimate of drug-likeness (QED) is 0.204. The normalized spacial score (nSPS) is 12.5. The Bertz CT molecular complexity index is 801. The Kier molecular flexibility index (Phi) is 9.50. The maximum atomic E-state index is 12.2. The topological polar surface area (TPSA) is 82.5 Å². The van der Waals surface area contributed by atoms with Crippen LogP contribution in [0.4, 0.5) is 5.82 Å². The first-order valence-electron chi connectivity index (χ1n) is 9.18. The van der Waals surface area contributed by atoms with Crippen molar-refractivity contribution in [1.29, 1.82) is 0 Å². The standard InChI is InChI=1S/C21H29N3O4/c1-7-12-28-19(15(4)5)13-16(8-2)18(10-11-25)23-20-17(14-22-24(20)6)21(26)27-9-3/h8,10-11,13-14,23H,4,7,9,12H2,1-3,5-6H3/b16-8?,18-10-,19-13+. The van der Waals surface area contributed by atoms with Gasteiger partial charge in [0.15, 0.2) is 0 Å². The fraction of sp³-hybridized carbons (Fsp3) is 0.381. The summed E-state index contributed by atoms with van der Waals surface area (Å²) in [4.78, 5) is 23.4. The van der Waals surface area contributed by atoms with E-state index < -0.39 is 5.97 Å². The van der Waals surface area contributed by atoms with Gasteiger partial charge in [-0.25, -0.2) is 4.79 Å². The van der Waals surface area contributed by atoms with Crippen molar-refractivity contribution < 1.29 is 19.1 Å². The van der Waals surface area contributed by atoms with Gasteiger partial charge in [-0.3, -0.25) is 9.48 Å². The summed E-state index contributed by atoms with van der Waals surface area (Å²) < 4.78 is 12.3. The van der Waals surface area contributed by atoms with Crippen molar-refractivity contribution in [1.82, 2.24) is 9.78 Å². The SMILES string of the molecule is C=C(C)/C(=C\C(=CC)/C(=C/C=O)Nc1c(C(=O)OCC)cnn1C)OCCC. The van der Waals surface area contributed by atoms with Gasteiger partial charge in [0.05, 0.1) is 19.4 Å². The molecule has 1 heterocycles. The molecule has 0 unspecified atom stereocenters. The molecule has 7 nitrogen and oxygen atoms in total. The summed E-state index contributed by atoms with van der Waals surface area (Å²) in [7, 11) is 1.69. The molecule has 1 aromatic rings. The first-order valence-corrected chi connectivity index (χ1v) is 9.18. The van der Waals surface area contributed by atoms with E-state index in [2.05, 4.69) is 17.0 Å². The third-order valence-electron chi connectivity index (χ3n) is 3.71. The molecule has 152 valence electrons. The molecule has 0 aromatic carbocycles. The second kappa shape index (κ2) is 11.6. The van der Waals surface area contributed by atoms with Gasteiger partial charge in [0, 0.05) is 18.8 Å². The summed E-state index contributed by atoms with van der Waals surface area (Å²) in [6.07, 6.45) is 7.98. The van der Waals surface area contributed by atoms with Crippen LogP contribution < -0.4 is 5.32 Å². The molecule has 0 fully saturated rings. The Morgan fingerprint density at radius 1 is 1.36 bits per heavy atom. The number of aldehydes is 1. The number of carbonyl (C=O) groups is 2. The van der Waals surface area contributed by atoms with Gasteiger partial charge in [-0.2, -0.15) is 5.10 Å². The lowest BCUT2D eigenvalue weighted by molar-refractivity contribution is -0.104. The summed E-state index contributed by atoms with van der Waals surface area (Å²) in [5.41, 5.74) is 2.25. The van der Waals surface area contributed by atoms with E-state index in [1.807, 2.05) is 26.8 Å². The van der Waals surface area contributed by atoms with Crippen molar-refractivity contribution >= 4 is 18.1 Å². The molecule has 7 heteroatoms. The number of hydrogen-bond acceptors (Lipinski definition) is 6. The van der Waals surface area contributed by atoms with Crippen LogP contribution in [0.15, 0.2) is 53.6 Å². The summed E-state index contributed by atoms with van der Waals surface area (Å²) in [6.45, 7) is 12.2. The summed E-state index contributed by atoms with van der Waals surface area (Å²) in [5.74, 6) is 0.560. The Morgan fingerprint density at radius 3 is 2.61 bits per heavy atom. The minimum Gasteiger partial charge on any atom is -0.493 e. The molecule has 1 N–H and O–H groups in total. The van der Waals surface area contributed by atoms with Crippen LogP contribution in [0.25, 0.3) is 0 Å². The predicted molar refractivity (Wildman–Crippen MR) is 110 cm³/mol. The lowest BCUT2D eigenvalue weighted by Crippen LogP contribution is -2.12. The molecule has 0 saturated carbocycles. The molecular formula is C21H29N3O4. The number of esters is 1. The predicted octanol–water partition coefficient (Wildman–Crippen LogP) is 3.92. The number of carbonyl (C=O) groups excluding carboxylic acids is 2. The van der Waals surface area contributed by atoms with Crippen LogP contribution in [-0.4, -0.2) is 35.2 Å². The first-order chi connectivity index (χ1) is 13.4. The number of ether oxygens (including phenoxy) is 2. The Labute approximate surface area is 166 Å². The summed E-state index contributed by atoms with van der Waals surface area (Å²) in [5, 5.41) is 7.23. The van der Waals surface area contributed by atoms with Crippen molar-refractivity contribution in [2.75, 3.05) is 18.5 Å². The zero-order valence-electron chi connectivity index (χ0n) is 17.2. The number of anilines is 1. The number of nitrogens with zero attached hydrogens (tertiary/aromatic N) is 2. The van der Waals surface area contributed by atoms with Gasteiger partial charge >= 0.3 is 5.97 Å². The molecule has 0 aliphatic rings. The van der Waals surface area contributed by atoms with Gasteiger partial charge in [-0.1, -0.05) is 19.6 Å². The Morgan fingerprint density at radius 2 is 2.07 bits per heavy atom. The number of aryl methyl sites for hydroxylation is 1. The van der Waals surface area contributed by atoms with E-state index >= 15 is 0 Å². The molecule has 28 heavy (non-hydrogen) atoms. The Hall–Kier alpha value is -3.09. The van der Waals surface area contributed by atoms with Gasteiger partial charge in [0.25, 0.3) is 0 Å². The number of allylic oxidation sites excluding steroid dienone is 4. The minimum absolute atomic E-state index is 0.254. The number of aromatic nitrogens is 2. The average molecular weight is 387 g/mol. The van der Waals surface area contributed by atoms with E-state index in [1.54, 1.807) is 20.0 Å². The van der Waals surface area contributed by atoms with E-state index in [1.165, 1.54) is 17.0 Å². The number of nitrogens with one attached hydrogen (secondary N) is 1. The maximum Gasteiger partial charge on any atom is 0.343 e. The maximum absolute atomic E-state index is 12.2. The van der Waals surface area contributed by atoms with Crippen molar-refractivity contribution in [3.8, 4) is 0 Å². The van der Waals surface area contributed by atoms with Crippen LogP contribution in [-0.2, 0) is 21.3 Å². The third-order valence-corrected chi connectivity index (χ3v) is 3.71. The van der Waals surface area contributed by atoms with Crippen molar-refractivity contribution in [3.63, 3.8) is 0 Å². The highest BCUT2D eigenvalue weighted by Gasteiger charge is 2.19. The molecule has 1 aromatic heterocycles. The number of rotatable bonds is 11. The molecule has 0 aliphatic heterocycles. The molecule has 0 aliphatic carbocycles. The second-order valence-electron chi connectivity index (χ2n) is 5.97. The van der Waals surface area contributed by atoms with Crippen LogP contribution in [0.3, 0.4) is 0 Å². The fourth-order valence-corrected chi connectivity index (χ4v) is 2.31. The number of hydrogen-bond donors (Lipinski definition) is 1. The van der Waals surface area contributed by atoms with E-state index in [0.717, 1.165) is 12.0 Å². The Balaban J connectivity index is 3.29. The lowest BCUT2D eigenvalue weighted by atomic mass is 10.1. The summed E-state index contributed by atoms with van der Waals surface area (Å²) in [6, 6.07) is 0. The summed E-state index contributed by atoms with van der Waals surface area (Å²) >= 11 is 0. The van der Waals surface area contributed by atoms with E-state index in [4.69, 9.17) is 9.47 Å². The van der Waals surface area contributed by atoms with E-state index in [-0.39, 0.29) is 12.2 Å².